The molecule has 0 spiro atoms. The van der Waals surface area contributed by atoms with Gasteiger partial charge in [-0.2, -0.15) is 13.2 Å². The highest BCUT2D eigenvalue weighted by Gasteiger charge is 2.29. The van der Waals surface area contributed by atoms with Crippen molar-refractivity contribution in [3.05, 3.63) is 0 Å². The molecule has 0 fully saturated rings. The molecule has 0 aliphatic carbocycles. The molecule has 0 aromatic carbocycles. The van der Waals surface area contributed by atoms with Crippen LogP contribution >= 0.6 is 0 Å². The van der Waals surface area contributed by atoms with Crippen LogP contribution in [0.1, 0.15) is 33.1 Å². The Hall–Kier alpha value is -1.27. The normalized spacial score (nSPS) is 12.3. The number of carbonyl (C=O) groups is 2. The number of amides is 1. The Labute approximate surface area is 97.2 Å². The van der Waals surface area contributed by atoms with E-state index >= 15 is 0 Å². The molecule has 7 heteroatoms. The van der Waals surface area contributed by atoms with Crippen LogP contribution in [0, 0.1) is 5.41 Å². The van der Waals surface area contributed by atoms with Crippen molar-refractivity contribution in [2.75, 3.05) is 6.54 Å². The molecule has 0 bridgehead atoms. The zero-order valence-electron chi connectivity index (χ0n) is 9.73. The van der Waals surface area contributed by atoms with Gasteiger partial charge in [-0.3, -0.25) is 9.59 Å². The van der Waals surface area contributed by atoms with Crippen molar-refractivity contribution in [2.24, 2.45) is 5.41 Å². The van der Waals surface area contributed by atoms with Gasteiger partial charge in [0.2, 0.25) is 5.91 Å². The van der Waals surface area contributed by atoms with Crippen molar-refractivity contribution >= 4 is 11.9 Å². The van der Waals surface area contributed by atoms with Crippen LogP contribution in [0.25, 0.3) is 0 Å². The Kier molecular flexibility index (Phi) is 5.44. The number of aliphatic carboxylic acids is 1. The maximum Gasteiger partial charge on any atom is 0.389 e. The molecule has 0 atom stereocenters. The minimum atomic E-state index is -4.35. The number of nitrogens with one attached hydrogen (secondary N) is 1. The van der Waals surface area contributed by atoms with E-state index in [2.05, 4.69) is 5.32 Å². The van der Waals surface area contributed by atoms with Crippen molar-refractivity contribution in [2.45, 2.75) is 39.3 Å². The van der Waals surface area contributed by atoms with E-state index < -0.39 is 36.3 Å². The molecule has 0 radical (unpaired) electrons. The highest BCUT2D eigenvalue weighted by atomic mass is 19.4. The molecule has 100 valence electrons. The molecule has 0 aliphatic rings. The molecule has 0 aromatic rings. The minimum absolute atomic E-state index is 0.0516. The number of carbonyl (C=O) groups excluding carboxylic acids is 1. The number of carboxylic acid groups (broad SMARTS) is 1. The molecular weight excluding hydrogens is 239 g/mol. The van der Waals surface area contributed by atoms with Gasteiger partial charge in [0.1, 0.15) is 0 Å². The fourth-order valence-corrected chi connectivity index (χ4v) is 0.965. The molecule has 2 N–H and O–H groups in total. The fraction of sp³-hybridized carbons (Fsp3) is 0.800. The first-order valence-electron chi connectivity index (χ1n) is 5.11. The molecule has 0 saturated heterocycles. The van der Waals surface area contributed by atoms with E-state index in [1.54, 1.807) is 0 Å². The smallest absolute Gasteiger partial charge is 0.389 e. The number of hydrogen-bond donors (Lipinski definition) is 2. The van der Waals surface area contributed by atoms with E-state index in [0.29, 0.717) is 0 Å². The molecule has 0 rings (SSSR count). The van der Waals surface area contributed by atoms with Crippen molar-refractivity contribution in [3.8, 4) is 0 Å². The van der Waals surface area contributed by atoms with Crippen molar-refractivity contribution in [1.82, 2.24) is 5.32 Å². The second-order valence-corrected chi connectivity index (χ2v) is 4.40. The Balaban J connectivity index is 3.83. The van der Waals surface area contributed by atoms with Crippen LogP contribution in [0.3, 0.4) is 0 Å². The van der Waals surface area contributed by atoms with E-state index in [9.17, 15) is 22.8 Å². The van der Waals surface area contributed by atoms with E-state index in [1.165, 1.54) is 13.8 Å². The van der Waals surface area contributed by atoms with Crippen LogP contribution in [0.4, 0.5) is 13.2 Å². The Bertz CT molecular complexity index is 287. The first-order chi connectivity index (χ1) is 7.54. The predicted molar refractivity (Wildman–Crippen MR) is 54.3 cm³/mol. The lowest BCUT2D eigenvalue weighted by Gasteiger charge is -2.18. The SMILES string of the molecule is CC(C)(CCNC(=O)CCC(F)(F)F)C(=O)O. The van der Waals surface area contributed by atoms with Gasteiger partial charge in [-0.05, 0) is 20.3 Å². The van der Waals surface area contributed by atoms with Crippen molar-refractivity contribution < 1.29 is 27.9 Å². The second-order valence-electron chi connectivity index (χ2n) is 4.40. The summed E-state index contributed by atoms with van der Waals surface area (Å²) in [7, 11) is 0. The Morgan fingerprint density at radius 1 is 1.18 bits per heavy atom. The van der Waals surface area contributed by atoms with Crippen LogP contribution in [-0.4, -0.2) is 29.7 Å². The zero-order valence-corrected chi connectivity index (χ0v) is 9.73. The zero-order chi connectivity index (χ0) is 13.7. The van der Waals surface area contributed by atoms with Gasteiger partial charge in [-0.1, -0.05) is 0 Å². The van der Waals surface area contributed by atoms with Gasteiger partial charge in [0.05, 0.1) is 11.8 Å². The molecule has 0 unspecified atom stereocenters. The summed E-state index contributed by atoms with van der Waals surface area (Å²) in [5.74, 6) is -1.73. The molecular formula is C10H16F3NO3. The summed E-state index contributed by atoms with van der Waals surface area (Å²) in [4.78, 5) is 21.7. The van der Waals surface area contributed by atoms with Gasteiger partial charge >= 0.3 is 12.1 Å². The first-order valence-corrected chi connectivity index (χ1v) is 5.11. The number of hydrogen-bond acceptors (Lipinski definition) is 2. The standard InChI is InChI=1S/C10H16F3NO3/c1-9(2,8(16)17)5-6-14-7(15)3-4-10(11,12)13/h3-6H2,1-2H3,(H,14,15)(H,16,17). The van der Waals surface area contributed by atoms with E-state index in [1.807, 2.05) is 0 Å². The van der Waals surface area contributed by atoms with Gasteiger partial charge in [0, 0.05) is 13.0 Å². The summed E-state index contributed by atoms with van der Waals surface area (Å²) in [6, 6.07) is 0. The lowest BCUT2D eigenvalue weighted by molar-refractivity contribution is -0.147. The summed E-state index contributed by atoms with van der Waals surface area (Å²) in [6.07, 6.45) is -5.98. The molecule has 0 saturated carbocycles. The Morgan fingerprint density at radius 3 is 2.12 bits per heavy atom. The third kappa shape index (κ3) is 7.59. The highest BCUT2D eigenvalue weighted by Crippen LogP contribution is 2.21. The average Bonchev–Trinajstić information content (AvgIpc) is 2.13. The van der Waals surface area contributed by atoms with Gasteiger partial charge in [-0.15, -0.1) is 0 Å². The topological polar surface area (TPSA) is 66.4 Å². The van der Waals surface area contributed by atoms with Gasteiger partial charge in [0.25, 0.3) is 0 Å². The number of carboxylic acids is 1. The molecule has 0 aromatic heterocycles. The van der Waals surface area contributed by atoms with Crippen LogP contribution in [-0.2, 0) is 9.59 Å². The summed E-state index contributed by atoms with van der Waals surface area (Å²) >= 11 is 0. The van der Waals surface area contributed by atoms with E-state index in [0.717, 1.165) is 0 Å². The third-order valence-corrected chi connectivity index (χ3v) is 2.29. The molecule has 0 aliphatic heterocycles. The van der Waals surface area contributed by atoms with Crippen LogP contribution in [0.5, 0.6) is 0 Å². The molecule has 17 heavy (non-hydrogen) atoms. The summed E-state index contributed by atoms with van der Waals surface area (Å²) in [5, 5.41) is 11.0. The first kappa shape index (κ1) is 15.7. The summed E-state index contributed by atoms with van der Waals surface area (Å²) < 4.78 is 35.3. The average molecular weight is 255 g/mol. The molecule has 4 nitrogen and oxygen atoms in total. The lowest BCUT2D eigenvalue weighted by atomic mass is 9.90. The Morgan fingerprint density at radius 2 is 1.71 bits per heavy atom. The number of alkyl halides is 3. The number of halogens is 3. The monoisotopic (exact) mass is 255 g/mol. The summed E-state index contributed by atoms with van der Waals surface area (Å²) in [6.45, 7) is 3.02. The fourth-order valence-electron chi connectivity index (χ4n) is 0.965. The quantitative estimate of drug-likeness (QED) is 0.762. The van der Waals surface area contributed by atoms with Gasteiger partial charge < -0.3 is 10.4 Å². The van der Waals surface area contributed by atoms with E-state index in [4.69, 9.17) is 5.11 Å². The molecule has 0 heterocycles. The van der Waals surface area contributed by atoms with Crippen LogP contribution in [0.15, 0.2) is 0 Å². The second kappa shape index (κ2) is 5.88. The van der Waals surface area contributed by atoms with Gasteiger partial charge in [-0.25, -0.2) is 0 Å². The molecule has 1 amide bonds. The number of rotatable bonds is 6. The van der Waals surface area contributed by atoms with Crippen LogP contribution < -0.4 is 5.32 Å². The highest BCUT2D eigenvalue weighted by molar-refractivity contribution is 5.76. The minimum Gasteiger partial charge on any atom is -0.481 e. The van der Waals surface area contributed by atoms with E-state index in [-0.39, 0.29) is 13.0 Å². The maximum absolute atomic E-state index is 11.8. The van der Waals surface area contributed by atoms with Crippen molar-refractivity contribution in [3.63, 3.8) is 0 Å². The van der Waals surface area contributed by atoms with Crippen LogP contribution in [0.2, 0.25) is 0 Å². The lowest BCUT2D eigenvalue weighted by Crippen LogP contribution is -2.32. The maximum atomic E-state index is 11.8. The van der Waals surface area contributed by atoms with Crippen molar-refractivity contribution in [1.29, 1.82) is 0 Å². The predicted octanol–water partition coefficient (Wildman–Crippen LogP) is 1.95. The third-order valence-electron chi connectivity index (χ3n) is 2.29. The summed E-state index contributed by atoms with van der Waals surface area (Å²) in [5.41, 5.74) is -1.00. The van der Waals surface area contributed by atoms with Gasteiger partial charge in [0.15, 0.2) is 0 Å². The largest absolute Gasteiger partial charge is 0.481 e.